The molecule has 1 amide bonds. The first-order valence-corrected chi connectivity index (χ1v) is 7.70. The molecule has 4 heteroatoms. The largest absolute Gasteiger partial charge is 0.355 e. The van der Waals surface area contributed by atoms with Crippen LogP contribution in [0, 0.1) is 5.92 Å². The van der Waals surface area contributed by atoms with Crippen LogP contribution in [0.4, 0.5) is 0 Å². The molecule has 0 fully saturated rings. The first kappa shape index (κ1) is 18.4. The number of amides is 1. The molecule has 0 radical (unpaired) electrons. The molecule has 1 atom stereocenters. The quantitative estimate of drug-likeness (QED) is 0.504. The molecule has 0 aromatic rings. The highest BCUT2D eigenvalue weighted by Crippen LogP contribution is 2.02. The van der Waals surface area contributed by atoms with Gasteiger partial charge in [-0.05, 0) is 38.1 Å². The number of carbonyl (C=O) groups excluding carboxylic acids is 1. The zero-order valence-corrected chi connectivity index (χ0v) is 13.2. The minimum atomic E-state index is -0.349. The van der Waals surface area contributed by atoms with Crippen LogP contribution in [-0.2, 0) is 4.79 Å². The van der Waals surface area contributed by atoms with Gasteiger partial charge in [-0.1, -0.05) is 34.1 Å². The molecule has 0 heterocycles. The number of rotatable bonds is 11. The summed E-state index contributed by atoms with van der Waals surface area (Å²) in [5.74, 6) is 0.694. The second-order valence-corrected chi connectivity index (χ2v) is 6.04. The lowest BCUT2D eigenvalue weighted by Gasteiger charge is -2.13. The lowest BCUT2D eigenvalue weighted by Crippen LogP contribution is -2.41. The van der Waals surface area contributed by atoms with E-state index in [0.29, 0.717) is 12.0 Å². The van der Waals surface area contributed by atoms with Gasteiger partial charge in [0.15, 0.2) is 0 Å². The SMILES string of the molecule is CC(C)CCCNC(=O)[C@H](N)CCCCNC(C)C. The van der Waals surface area contributed by atoms with E-state index >= 15 is 0 Å². The van der Waals surface area contributed by atoms with E-state index in [9.17, 15) is 4.79 Å². The van der Waals surface area contributed by atoms with Crippen molar-refractivity contribution in [1.82, 2.24) is 10.6 Å². The molecule has 0 aromatic carbocycles. The molecule has 0 aliphatic rings. The van der Waals surface area contributed by atoms with Gasteiger partial charge in [0, 0.05) is 12.6 Å². The van der Waals surface area contributed by atoms with Crippen LogP contribution in [0.5, 0.6) is 0 Å². The van der Waals surface area contributed by atoms with Crippen LogP contribution in [0.15, 0.2) is 0 Å². The average Bonchev–Trinajstić information content (AvgIpc) is 2.33. The van der Waals surface area contributed by atoms with E-state index in [1.54, 1.807) is 0 Å². The van der Waals surface area contributed by atoms with Gasteiger partial charge in [0.1, 0.15) is 0 Å². The van der Waals surface area contributed by atoms with Crippen molar-refractivity contribution in [3.05, 3.63) is 0 Å². The van der Waals surface area contributed by atoms with Crippen LogP contribution in [0.3, 0.4) is 0 Å². The number of hydrogen-bond acceptors (Lipinski definition) is 3. The fourth-order valence-electron chi connectivity index (χ4n) is 1.86. The van der Waals surface area contributed by atoms with Gasteiger partial charge in [-0.25, -0.2) is 0 Å². The molecule has 0 aromatic heterocycles. The second-order valence-electron chi connectivity index (χ2n) is 6.04. The van der Waals surface area contributed by atoms with Gasteiger partial charge >= 0.3 is 0 Å². The molecule has 0 rings (SSSR count). The summed E-state index contributed by atoms with van der Waals surface area (Å²) in [6.45, 7) is 10.4. The minimum absolute atomic E-state index is 0.000532. The molecule has 0 spiro atoms. The third-order valence-corrected chi connectivity index (χ3v) is 3.09. The van der Waals surface area contributed by atoms with Gasteiger partial charge in [0.25, 0.3) is 0 Å². The van der Waals surface area contributed by atoms with Gasteiger partial charge in [-0.15, -0.1) is 0 Å². The number of nitrogens with one attached hydrogen (secondary N) is 2. The third-order valence-electron chi connectivity index (χ3n) is 3.09. The average molecular weight is 271 g/mol. The molecule has 4 nitrogen and oxygen atoms in total. The molecule has 0 saturated heterocycles. The minimum Gasteiger partial charge on any atom is -0.355 e. The fourth-order valence-corrected chi connectivity index (χ4v) is 1.86. The maximum absolute atomic E-state index is 11.7. The Morgan fingerprint density at radius 1 is 1.00 bits per heavy atom. The van der Waals surface area contributed by atoms with Crippen molar-refractivity contribution in [3.63, 3.8) is 0 Å². The van der Waals surface area contributed by atoms with Gasteiger partial charge in [0.2, 0.25) is 5.91 Å². The zero-order valence-electron chi connectivity index (χ0n) is 13.2. The van der Waals surface area contributed by atoms with Crippen molar-refractivity contribution < 1.29 is 4.79 Å². The first-order valence-electron chi connectivity index (χ1n) is 7.70. The summed E-state index contributed by atoms with van der Waals surface area (Å²) in [5.41, 5.74) is 5.87. The van der Waals surface area contributed by atoms with E-state index in [1.807, 2.05) is 0 Å². The zero-order chi connectivity index (χ0) is 14.7. The molecular weight excluding hydrogens is 238 g/mol. The summed E-state index contributed by atoms with van der Waals surface area (Å²) in [4.78, 5) is 11.7. The number of carbonyl (C=O) groups is 1. The number of hydrogen-bond donors (Lipinski definition) is 3. The van der Waals surface area contributed by atoms with Crippen molar-refractivity contribution >= 4 is 5.91 Å². The Bertz CT molecular complexity index is 229. The van der Waals surface area contributed by atoms with Crippen LogP contribution in [0.1, 0.15) is 59.8 Å². The maximum Gasteiger partial charge on any atom is 0.236 e. The summed E-state index contributed by atoms with van der Waals surface area (Å²) in [6.07, 6.45) is 5.04. The fraction of sp³-hybridized carbons (Fsp3) is 0.933. The van der Waals surface area contributed by atoms with E-state index in [2.05, 4.69) is 38.3 Å². The summed E-state index contributed by atoms with van der Waals surface area (Å²) in [6, 6.07) is 0.177. The van der Waals surface area contributed by atoms with Crippen molar-refractivity contribution in [3.8, 4) is 0 Å². The Kier molecular flexibility index (Phi) is 10.9. The monoisotopic (exact) mass is 271 g/mol. The molecule has 0 saturated carbocycles. The van der Waals surface area contributed by atoms with Gasteiger partial charge in [-0.2, -0.15) is 0 Å². The first-order chi connectivity index (χ1) is 8.93. The normalized spacial score (nSPS) is 13.0. The molecule has 4 N–H and O–H groups in total. The van der Waals surface area contributed by atoms with Crippen LogP contribution in [-0.4, -0.2) is 31.1 Å². The van der Waals surface area contributed by atoms with Crippen molar-refractivity contribution in [1.29, 1.82) is 0 Å². The number of unbranched alkanes of at least 4 members (excludes halogenated alkanes) is 1. The highest BCUT2D eigenvalue weighted by atomic mass is 16.2. The van der Waals surface area contributed by atoms with Gasteiger partial charge in [0.05, 0.1) is 6.04 Å². The number of nitrogens with two attached hydrogens (primary N) is 1. The lowest BCUT2D eigenvalue weighted by atomic mass is 10.1. The summed E-state index contributed by atoms with van der Waals surface area (Å²) in [5, 5.41) is 6.28. The third kappa shape index (κ3) is 12.2. The summed E-state index contributed by atoms with van der Waals surface area (Å²) >= 11 is 0. The van der Waals surface area contributed by atoms with E-state index in [0.717, 1.165) is 45.2 Å². The van der Waals surface area contributed by atoms with Crippen LogP contribution in [0.2, 0.25) is 0 Å². The van der Waals surface area contributed by atoms with E-state index in [1.165, 1.54) is 0 Å². The summed E-state index contributed by atoms with van der Waals surface area (Å²) < 4.78 is 0. The maximum atomic E-state index is 11.7. The molecule has 0 bridgehead atoms. The predicted octanol–water partition coefficient (Wildman–Crippen LogP) is 2.03. The Balaban J connectivity index is 3.48. The van der Waals surface area contributed by atoms with Crippen molar-refractivity contribution in [2.45, 2.75) is 71.9 Å². The highest BCUT2D eigenvalue weighted by Gasteiger charge is 2.11. The van der Waals surface area contributed by atoms with Crippen molar-refractivity contribution in [2.24, 2.45) is 11.7 Å². The summed E-state index contributed by atoms with van der Waals surface area (Å²) in [7, 11) is 0. The topological polar surface area (TPSA) is 67.2 Å². The Hall–Kier alpha value is -0.610. The van der Waals surface area contributed by atoms with Gasteiger partial charge < -0.3 is 16.4 Å². The molecule has 114 valence electrons. The smallest absolute Gasteiger partial charge is 0.236 e. The van der Waals surface area contributed by atoms with E-state index in [4.69, 9.17) is 5.73 Å². The highest BCUT2D eigenvalue weighted by molar-refractivity contribution is 5.81. The standard InChI is InChI=1S/C15H33N3O/c1-12(2)8-7-11-18-15(19)14(16)9-5-6-10-17-13(3)4/h12-14,17H,5-11,16H2,1-4H3,(H,18,19)/t14-/m1/s1. The van der Waals surface area contributed by atoms with Gasteiger partial charge in [-0.3, -0.25) is 4.79 Å². The van der Waals surface area contributed by atoms with E-state index < -0.39 is 0 Å². The molecule has 0 unspecified atom stereocenters. The Labute approximate surface area is 118 Å². The molecular formula is C15H33N3O. The molecule has 19 heavy (non-hydrogen) atoms. The second kappa shape index (κ2) is 11.2. The molecule has 0 aliphatic heterocycles. The van der Waals surface area contributed by atoms with Crippen LogP contribution < -0.4 is 16.4 Å². The Morgan fingerprint density at radius 3 is 2.26 bits per heavy atom. The lowest BCUT2D eigenvalue weighted by molar-refractivity contribution is -0.122. The van der Waals surface area contributed by atoms with Crippen molar-refractivity contribution in [2.75, 3.05) is 13.1 Å². The van der Waals surface area contributed by atoms with Crippen LogP contribution in [0.25, 0.3) is 0 Å². The predicted molar refractivity (Wildman–Crippen MR) is 82.0 cm³/mol. The molecule has 0 aliphatic carbocycles. The Morgan fingerprint density at radius 2 is 1.68 bits per heavy atom. The van der Waals surface area contributed by atoms with Crippen LogP contribution >= 0.6 is 0 Å². The van der Waals surface area contributed by atoms with E-state index in [-0.39, 0.29) is 11.9 Å².